The predicted octanol–water partition coefficient (Wildman–Crippen LogP) is 2.24. The van der Waals surface area contributed by atoms with Crippen LogP contribution in [0.5, 0.6) is 0 Å². The SMILES string of the molecule is CC1=P(N(C)C)(N(C)C)C(C)=P1(N(C)C)N(C)C. The topological polar surface area (TPSA) is 13.0 Å². The third-order valence-corrected chi connectivity index (χ3v) is 15.7. The van der Waals surface area contributed by atoms with Crippen molar-refractivity contribution < 1.29 is 0 Å². The van der Waals surface area contributed by atoms with E-state index in [1.807, 2.05) is 0 Å². The Morgan fingerprint density at radius 2 is 0.667 bits per heavy atom. The lowest BCUT2D eigenvalue weighted by atomic mass is 10.9. The van der Waals surface area contributed by atoms with Crippen molar-refractivity contribution in [1.82, 2.24) is 18.7 Å². The minimum atomic E-state index is -1.36. The fourth-order valence-corrected chi connectivity index (χ4v) is 19.4. The Hall–Kier alpha value is 0.440. The summed E-state index contributed by atoms with van der Waals surface area (Å²) >= 11 is 0. The first kappa shape index (κ1) is 16.5. The molecule has 0 aromatic rings. The van der Waals surface area contributed by atoms with Crippen molar-refractivity contribution in [3.8, 4) is 0 Å². The van der Waals surface area contributed by atoms with E-state index in [-0.39, 0.29) is 0 Å². The van der Waals surface area contributed by atoms with Crippen LogP contribution >= 0.6 is 14.4 Å². The molecule has 1 aliphatic rings. The van der Waals surface area contributed by atoms with Crippen LogP contribution in [0, 0.1) is 0 Å². The van der Waals surface area contributed by atoms with Crippen LogP contribution < -0.4 is 0 Å². The van der Waals surface area contributed by atoms with Gasteiger partial charge in [0.25, 0.3) is 0 Å². The van der Waals surface area contributed by atoms with E-state index in [0.29, 0.717) is 0 Å². The first-order valence-corrected chi connectivity index (χ1v) is 9.66. The van der Waals surface area contributed by atoms with Crippen LogP contribution in [-0.2, 0) is 0 Å². The highest BCUT2D eigenvalue weighted by atomic mass is 31.2. The van der Waals surface area contributed by atoms with Crippen molar-refractivity contribution in [1.29, 1.82) is 0 Å². The minimum absolute atomic E-state index is 1.36. The van der Waals surface area contributed by atoms with Crippen molar-refractivity contribution >= 4 is 24.4 Å². The predicted molar refractivity (Wildman–Crippen MR) is 90.0 cm³/mol. The van der Waals surface area contributed by atoms with Gasteiger partial charge in [-0.3, -0.25) is 18.7 Å². The van der Waals surface area contributed by atoms with Gasteiger partial charge in [-0.2, -0.15) is 0 Å². The van der Waals surface area contributed by atoms with E-state index in [0.717, 1.165) is 0 Å². The lowest BCUT2D eigenvalue weighted by Gasteiger charge is -2.58. The van der Waals surface area contributed by atoms with E-state index < -0.39 is 14.4 Å². The third-order valence-electron chi connectivity index (χ3n) is 4.12. The maximum atomic E-state index is 2.45. The lowest BCUT2D eigenvalue weighted by molar-refractivity contribution is 0.568. The van der Waals surface area contributed by atoms with Gasteiger partial charge in [0, 0.05) is 24.4 Å². The number of hydrogen-bond donors (Lipinski definition) is 0. The summed E-state index contributed by atoms with van der Waals surface area (Å²) in [7, 11) is 15.1. The maximum absolute atomic E-state index is 2.45. The molecule has 6 heteroatoms. The summed E-state index contributed by atoms with van der Waals surface area (Å²) in [6.07, 6.45) is 0. The zero-order valence-corrected chi connectivity index (χ0v) is 15.5. The summed E-state index contributed by atoms with van der Waals surface area (Å²) in [5, 5.41) is 3.36. The minimum Gasteiger partial charge on any atom is -0.274 e. The maximum Gasteiger partial charge on any atom is 0.0477 e. The second-order valence-corrected chi connectivity index (χ2v) is 14.7. The average Bonchev–Trinajstić information content (AvgIpc) is 2.15. The van der Waals surface area contributed by atoms with Gasteiger partial charge < -0.3 is 0 Å². The van der Waals surface area contributed by atoms with Crippen LogP contribution in [0.25, 0.3) is 0 Å². The highest BCUT2D eigenvalue weighted by Crippen LogP contribution is 2.78. The molecule has 0 radical (unpaired) electrons. The fraction of sp³-hybridized carbons (Fsp3) is 0.833. The van der Waals surface area contributed by atoms with Crippen LogP contribution in [0.1, 0.15) is 13.8 Å². The highest BCUT2D eigenvalue weighted by molar-refractivity contribution is 8.22. The van der Waals surface area contributed by atoms with E-state index >= 15 is 0 Å². The molecular formula is C12H30N4P2. The molecule has 0 amide bonds. The molecule has 0 spiro atoms. The molecule has 0 aliphatic carbocycles. The first-order chi connectivity index (χ1) is 8.08. The fourth-order valence-electron chi connectivity index (χ4n) is 3.84. The summed E-state index contributed by atoms with van der Waals surface area (Å²) in [4.78, 5) is 0. The molecular weight excluding hydrogens is 262 g/mol. The summed E-state index contributed by atoms with van der Waals surface area (Å²) in [5.74, 6) is 0. The van der Waals surface area contributed by atoms with Gasteiger partial charge in [-0.25, -0.2) is 0 Å². The van der Waals surface area contributed by atoms with Crippen LogP contribution in [0.4, 0.5) is 0 Å². The number of hydrogen-bond acceptors (Lipinski definition) is 4. The standard InChI is InChI=1S/C12H30N4P2/c1-11-17(13(3)4,14(5)6)12(2)18(11,15(7)8)16(9)10/h1-10H3. The van der Waals surface area contributed by atoms with Gasteiger partial charge in [-0.15, -0.1) is 0 Å². The Morgan fingerprint density at radius 1 is 0.500 bits per heavy atom. The van der Waals surface area contributed by atoms with Crippen LogP contribution in [0.3, 0.4) is 0 Å². The van der Waals surface area contributed by atoms with Crippen LogP contribution in [-0.4, -0.2) is 85.1 Å². The quantitative estimate of drug-likeness (QED) is 0.737. The Balaban J connectivity index is 3.62. The summed E-state index contributed by atoms with van der Waals surface area (Å²) < 4.78 is 9.79. The monoisotopic (exact) mass is 292 g/mol. The van der Waals surface area contributed by atoms with Crippen molar-refractivity contribution in [3.05, 3.63) is 0 Å². The first-order valence-electron chi connectivity index (χ1n) is 6.27. The molecule has 0 saturated heterocycles. The zero-order chi connectivity index (χ0) is 14.5. The van der Waals surface area contributed by atoms with Crippen molar-refractivity contribution in [2.75, 3.05) is 56.4 Å². The number of nitrogens with zero attached hydrogens (tertiary/aromatic N) is 4. The van der Waals surface area contributed by atoms with Gasteiger partial charge in [-0.05, 0) is 70.2 Å². The van der Waals surface area contributed by atoms with Crippen molar-refractivity contribution in [2.24, 2.45) is 0 Å². The summed E-state index contributed by atoms with van der Waals surface area (Å²) in [6, 6.07) is 0. The molecule has 0 N–H and O–H groups in total. The average molecular weight is 292 g/mol. The molecule has 1 heterocycles. The normalized spacial score (nSPS) is 22.3. The molecule has 108 valence electrons. The molecule has 1 aliphatic heterocycles. The summed E-state index contributed by atoms with van der Waals surface area (Å²) in [5.41, 5.74) is 0. The van der Waals surface area contributed by atoms with Gasteiger partial charge >= 0.3 is 0 Å². The Bertz CT molecular complexity index is 364. The van der Waals surface area contributed by atoms with E-state index in [2.05, 4.69) is 88.9 Å². The third kappa shape index (κ3) is 1.67. The molecule has 4 nitrogen and oxygen atoms in total. The molecule has 0 fully saturated rings. The molecule has 18 heavy (non-hydrogen) atoms. The van der Waals surface area contributed by atoms with E-state index in [1.165, 1.54) is 0 Å². The smallest absolute Gasteiger partial charge is 0.0477 e. The van der Waals surface area contributed by atoms with E-state index in [9.17, 15) is 0 Å². The Morgan fingerprint density at radius 3 is 0.778 bits per heavy atom. The highest BCUT2D eigenvalue weighted by Gasteiger charge is 2.49. The van der Waals surface area contributed by atoms with Crippen LogP contribution in [0.2, 0.25) is 0 Å². The van der Waals surface area contributed by atoms with E-state index in [1.54, 1.807) is 10.1 Å². The van der Waals surface area contributed by atoms with Gasteiger partial charge in [0.1, 0.15) is 0 Å². The van der Waals surface area contributed by atoms with Crippen LogP contribution in [0.15, 0.2) is 0 Å². The number of rotatable bonds is 4. The lowest BCUT2D eigenvalue weighted by Crippen LogP contribution is -2.43. The van der Waals surface area contributed by atoms with E-state index in [4.69, 9.17) is 0 Å². The van der Waals surface area contributed by atoms with Gasteiger partial charge in [0.05, 0.1) is 0 Å². The van der Waals surface area contributed by atoms with Gasteiger partial charge in [0.15, 0.2) is 0 Å². The molecule has 0 unspecified atom stereocenters. The van der Waals surface area contributed by atoms with Crippen molar-refractivity contribution in [2.45, 2.75) is 13.8 Å². The largest absolute Gasteiger partial charge is 0.274 e. The zero-order valence-electron chi connectivity index (χ0n) is 13.7. The molecule has 1 rings (SSSR count). The molecule has 0 saturated carbocycles. The van der Waals surface area contributed by atoms with Crippen molar-refractivity contribution in [3.63, 3.8) is 0 Å². The Kier molecular flexibility index (Phi) is 4.66. The Labute approximate surface area is 114 Å². The van der Waals surface area contributed by atoms with Gasteiger partial charge in [-0.1, -0.05) is 0 Å². The molecule has 0 atom stereocenters. The molecule has 0 aromatic carbocycles. The molecule has 0 aromatic heterocycles. The van der Waals surface area contributed by atoms with Gasteiger partial charge in [0.2, 0.25) is 0 Å². The summed E-state index contributed by atoms with van der Waals surface area (Å²) in [6.45, 7) is 4.74. The second kappa shape index (κ2) is 5.09. The molecule has 0 bridgehead atoms. The second-order valence-electron chi connectivity index (χ2n) is 5.69.